The zero-order valence-electron chi connectivity index (χ0n) is 5.43. The van der Waals surface area contributed by atoms with Gasteiger partial charge in [-0.25, -0.2) is 0 Å². The van der Waals surface area contributed by atoms with Crippen molar-refractivity contribution in [1.29, 1.82) is 5.41 Å². The van der Waals surface area contributed by atoms with Crippen LogP contribution < -0.4 is 34.7 Å². The molecule has 52 valence electrons. The fourth-order valence-electron chi connectivity index (χ4n) is 0.250. The smallest absolute Gasteiger partial charge is 0.862 e. The zero-order chi connectivity index (χ0) is 7.44. The number of carboxylic acids is 1. The average molecular weight is 174 g/mol. The van der Waals surface area contributed by atoms with Gasteiger partial charge in [-0.2, -0.15) is 0 Å². The molecule has 0 bridgehead atoms. The molecule has 0 amide bonds. The van der Waals surface area contributed by atoms with Gasteiger partial charge in [0.05, 0.1) is 0 Å². The van der Waals surface area contributed by atoms with E-state index in [2.05, 4.69) is 0 Å². The van der Waals surface area contributed by atoms with E-state index in [9.17, 15) is 9.90 Å². The van der Waals surface area contributed by atoms with Crippen molar-refractivity contribution >= 4 is 23.5 Å². The number of aliphatic carboxylic acids is 1. The van der Waals surface area contributed by atoms with E-state index < -0.39 is 23.7 Å². The molecule has 0 radical (unpaired) electrons. The molecule has 0 unspecified atom stereocenters. The Bertz CT molecular complexity index is 140. The Morgan fingerprint density at radius 1 is 1.80 bits per heavy atom. The number of rotatable bonds is 3. The van der Waals surface area contributed by atoms with Gasteiger partial charge in [0.2, 0.25) is 0 Å². The first-order valence-corrected chi connectivity index (χ1v) is 2.59. The second-order valence-corrected chi connectivity index (χ2v) is 1.96. The maximum Gasteiger partial charge on any atom is 1.00 e. The van der Waals surface area contributed by atoms with Crippen molar-refractivity contribution in [2.45, 2.75) is 11.8 Å². The predicted octanol–water partition coefficient (Wildman–Crippen LogP) is -3.59. The van der Waals surface area contributed by atoms with Crippen LogP contribution in [0.1, 0.15) is 6.42 Å². The second kappa shape index (κ2) is 5.97. The first-order chi connectivity index (χ1) is 4.04. The summed E-state index contributed by atoms with van der Waals surface area (Å²) in [6.45, 7) is 0. The van der Waals surface area contributed by atoms with Gasteiger partial charge < -0.3 is 15.6 Å². The van der Waals surface area contributed by atoms with Crippen LogP contribution in [0.3, 0.4) is 0 Å². The molecule has 1 atom stereocenters. The van der Waals surface area contributed by atoms with Crippen molar-refractivity contribution in [3.05, 3.63) is 0 Å². The molecule has 0 aliphatic carbocycles. The first-order valence-electron chi connectivity index (χ1n) is 2.15. The normalized spacial score (nSPS) is 11.3. The van der Waals surface area contributed by atoms with Crippen molar-refractivity contribution in [2.75, 3.05) is 0 Å². The van der Waals surface area contributed by atoms with Crippen molar-refractivity contribution in [3.8, 4) is 0 Å². The van der Waals surface area contributed by atoms with E-state index in [1.807, 2.05) is 0 Å². The molecule has 0 aromatic heterocycles. The summed E-state index contributed by atoms with van der Waals surface area (Å²) >= 11 is 5.07. The summed E-state index contributed by atoms with van der Waals surface area (Å²) in [5.41, 5.74) is 0. The molecule has 0 aliphatic rings. The minimum atomic E-state index is -1.27. The van der Waals surface area contributed by atoms with E-state index in [0.717, 1.165) is 0 Å². The number of hydrogen-bond acceptors (Lipinski definition) is 3. The largest absolute Gasteiger partial charge is 1.00 e. The fourth-order valence-corrected chi connectivity index (χ4v) is 0.390. The molecule has 0 spiro atoms. The monoisotopic (exact) mass is 173 g/mol. The summed E-state index contributed by atoms with van der Waals surface area (Å²) in [4.78, 5) is 9.87. The molecule has 0 aromatic carbocycles. The van der Waals surface area contributed by atoms with Crippen LogP contribution in [0.25, 0.3) is 0 Å². The maximum atomic E-state index is 9.88. The molecular formula is C4H5ClNNaO3. The van der Waals surface area contributed by atoms with Crippen LogP contribution in [-0.2, 0) is 4.79 Å². The van der Waals surface area contributed by atoms with E-state index >= 15 is 0 Å². The summed E-state index contributed by atoms with van der Waals surface area (Å²) in [7, 11) is 0. The Morgan fingerprint density at radius 3 is 2.30 bits per heavy atom. The number of halogens is 1. The third kappa shape index (κ3) is 6.35. The molecule has 2 N–H and O–H groups in total. The molecule has 0 aromatic rings. The van der Waals surface area contributed by atoms with Crippen LogP contribution in [0.2, 0.25) is 0 Å². The van der Waals surface area contributed by atoms with E-state index in [0.29, 0.717) is 0 Å². The molecule has 0 aliphatic heterocycles. The van der Waals surface area contributed by atoms with E-state index in [1.165, 1.54) is 0 Å². The SMILES string of the molecule is N=C([O-])C[C@H](Cl)C(=O)O.[Na+]. The Hall–Kier alpha value is 0.230. The van der Waals surface area contributed by atoms with Gasteiger partial charge >= 0.3 is 35.5 Å². The molecule has 0 rings (SSSR count). The van der Waals surface area contributed by atoms with Gasteiger partial charge in [0, 0.05) is 6.42 Å². The summed E-state index contributed by atoms with van der Waals surface area (Å²) < 4.78 is 0. The maximum absolute atomic E-state index is 9.88. The molecule has 0 saturated heterocycles. The van der Waals surface area contributed by atoms with E-state index in [-0.39, 0.29) is 29.6 Å². The second-order valence-electron chi connectivity index (χ2n) is 1.43. The van der Waals surface area contributed by atoms with E-state index in [1.54, 1.807) is 0 Å². The standard InChI is InChI=1S/C4H6ClNO3.Na/c5-2(4(8)9)1-3(6)7;/h2H,1H2,(H2,6,7)(H,8,9);/q;+1/p-1/t2-;/m0./s1. The summed E-state index contributed by atoms with van der Waals surface area (Å²) in [5, 5.41) is 23.0. The first kappa shape index (κ1) is 12.9. The van der Waals surface area contributed by atoms with Crippen molar-refractivity contribution in [1.82, 2.24) is 0 Å². The average Bonchev–Trinajstić information content (AvgIpc) is 1.63. The quantitative estimate of drug-likeness (QED) is 0.200. The van der Waals surface area contributed by atoms with Crippen LogP contribution >= 0.6 is 11.6 Å². The van der Waals surface area contributed by atoms with Crippen LogP contribution in [0, 0.1) is 5.41 Å². The van der Waals surface area contributed by atoms with Gasteiger partial charge in [-0.15, -0.1) is 11.6 Å². The minimum Gasteiger partial charge on any atom is -0.862 e. The molecule has 4 nitrogen and oxygen atoms in total. The summed E-state index contributed by atoms with van der Waals surface area (Å²) in [6.07, 6.45) is -0.434. The number of carbonyl (C=O) groups is 1. The zero-order valence-corrected chi connectivity index (χ0v) is 8.18. The predicted molar refractivity (Wildman–Crippen MR) is 29.6 cm³/mol. The van der Waals surface area contributed by atoms with Gasteiger partial charge in [0.25, 0.3) is 0 Å². The van der Waals surface area contributed by atoms with Crippen molar-refractivity contribution < 1.29 is 44.6 Å². The molecule has 0 fully saturated rings. The van der Waals surface area contributed by atoms with Gasteiger partial charge in [-0.1, -0.05) is 0 Å². The molecule has 0 saturated carbocycles. The number of nitrogens with one attached hydrogen (secondary N) is 1. The van der Waals surface area contributed by atoms with Crippen molar-refractivity contribution in [2.24, 2.45) is 0 Å². The Labute approximate surface area is 85.0 Å². The Morgan fingerprint density at radius 2 is 2.20 bits per heavy atom. The number of alkyl halides is 1. The fraction of sp³-hybridized carbons (Fsp3) is 0.500. The number of hydrogen-bond donors (Lipinski definition) is 2. The van der Waals surface area contributed by atoms with Crippen LogP contribution in [0.5, 0.6) is 0 Å². The van der Waals surface area contributed by atoms with Crippen LogP contribution in [0.15, 0.2) is 0 Å². The third-order valence-electron chi connectivity index (χ3n) is 0.633. The Kier molecular flexibility index (Phi) is 7.69. The van der Waals surface area contributed by atoms with Crippen LogP contribution in [0.4, 0.5) is 0 Å². The molecule has 0 heterocycles. The number of carboxylic acid groups (broad SMARTS) is 1. The van der Waals surface area contributed by atoms with Gasteiger partial charge in [0.1, 0.15) is 5.38 Å². The summed E-state index contributed by atoms with van der Waals surface area (Å²) in [5.74, 6) is -2.23. The topological polar surface area (TPSA) is 84.2 Å². The van der Waals surface area contributed by atoms with Gasteiger partial charge in [-0.05, 0) is 5.90 Å². The molecule has 10 heavy (non-hydrogen) atoms. The molecular weight excluding hydrogens is 168 g/mol. The van der Waals surface area contributed by atoms with Gasteiger partial charge in [0.15, 0.2) is 0 Å². The minimum absolute atomic E-state index is 0. The molecule has 6 heteroatoms. The van der Waals surface area contributed by atoms with E-state index in [4.69, 9.17) is 22.1 Å². The van der Waals surface area contributed by atoms with Crippen LogP contribution in [-0.4, -0.2) is 22.4 Å². The Balaban J connectivity index is 0. The third-order valence-corrected chi connectivity index (χ3v) is 0.974. The van der Waals surface area contributed by atoms with Crippen molar-refractivity contribution in [3.63, 3.8) is 0 Å². The van der Waals surface area contributed by atoms with Gasteiger partial charge in [-0.3, -0.25) is 4.79 Å². The summed E-state index contributed by atoms with van der Waals surface area (Å²) in [6, 6.07) is 0.